The van der Waals surface area contributed by atoms with Gasteiger partial charge in [0, 0.05) is 18.0 Å². The first-order chi connectivity index (χ1) is 12.1. The van der Waals surface area contributed by atoms with Crippen molar-refractivity contribution in [2.24, 2.45) is 0 Å². The molecule has 0 radical (unpaired) electrons. The predicted molar refractivity (Wildman–Crippen MR) is 103 cm³/mol. The van der Waals surface area contributed by atoms with E-state index in [4.69, 9.17) is 5.10 Å². The minimum atomic E-state index is -0.0812. The summed E-state index contributed by atoms with van der Waals surface area (Å²) in [5.74, 6) is 2.23. The Bertz CT molecular complexity index is 1010. The molecule has 3 aromatic heterocycles. The molecule has 0 aromatic carbocycles. The van der Waals surface area contributed by atoms with Gasteiger partial charge in [-0.15, -0.1) is 0 Å². The molecule has 5 nitrogen and oxygen atoms in total. The van der Waals surface area contributed by atoms with Crippen LogP contribution in [0.15, 0.2) is 46.9 Å². The van der Waals surface area contributed by atoms with Crippen LogP contribution >= 0.6 is 11.8 Å². The lowest BCUT2D eigenvalue weighted by Crippen LogP contribution is -2.23. The van der Waals surface area contributed by atoms with E-state index in [0.717, 1.165) is 34.6 Å². The first-order valence-corrected chi connectivity index (χ1v) is 9.64. The van der Waals surface area contributed by atoms with Crippen LogP contribution in [0, 0.1) is 0 Å². The molecule has 0 spiro atoms. The van der Waals surface area contributed by atoms with Crippen molar-refractivity contribution in [3.05, 3.63) is 58.1 Å². The molecule has 1 aliphatic heterocycles. The summed E-state index contributed by atoms with van der Waals surface area (Å²) in [5, 5.41) is 9.37. The average Bonchev–Trinajstić information content (AvgIpc) is 3.23. The van der Waals surface area contributed by atoms with Crippen LogP contribution in [0.2, 0.25) is 0 Å². The molecule has 4 heterocycles. The van der Waals surface area contributed by atoms with E-state index >= 15 is 0 Å². The molecule has 0 atom stereocenters. The van der Waals surface area contributed by atoms with Gasteiger partial charge in [-0.3, -0.25) is 4.79 Å². The van der Waals surface area contributed by atoms with E-state index in [-0.39, 0.29) is 11.6 Å². The molecule has 1 saturated heterocycles. The van der Waals surface area contributed by atoms with Gasteiger partial charge in [-0.2, -0.15) is 22.0 Å². The number of aromatic nitrogens is 4. The summed E-state index contributed by atoms with van der Waals surface area (Å²) < 4.78 is 3.42. The largest absolute Gasteiger partial charge is 0.268 e. The van der Waals surface area contributed by atoms with Crippen molar-refractivity contribution in [2.75, 3.05) is 11.5 Å². The summed E-state index contributed by atoms with van der Waals surface area (Å²) in [6, 6.07) is 9.42. The van der Waals surface area contributed by atoms with Crippen molar-refractivity contribution < 1.29 is 0 Å². The smallest absolute Gasteiger partial charge is 0.267 e. The fourth-order valence-corrected chi connectivity index (χ4v) is 4.14. The summed E-state index contributed by atoms with van der Waals surface area (Å²) >= 11 is 1.95. The zero-order valence-corrected chi connectivity index (χ0v) is 15.2. The fourth-order valence-electron chi connectivity index (χ4n) is 3.09. The van der Waals surface area contributed by atoms with Crippen LogP contribution in [-0.2, 0) is 0 Å². The first kappa shape index (κ1) is 16.1. The Kier molecular flexibility index (Phi) is 4.21. The molecule has 0 N–H and O–H groups in total. The molecule has 0 bridgehead atoms. The standard InChI is InChI=1S/C19H20N4OS/c1-13(2)23-18(24)7-6-15(21-23)19-16(11-14-8-10-25-12-14)20-22-9-4-3-5-17(19)22/h3-7,9,11,13H,8,10,12H2,1-2H3. The predicted octanol–water partition coefficient (Wildman–Crippen LogP) is 3.66. The zero-order valence-electron chi connectivity index (χ0n) is 14.3. The quantitative estimate of drug-likeness (QED) is 0.722. The summed E-state index contributed by atoms with van der Waals surface area (Å²) in [4.78, 5) is 12.1. The maximum atomic E-state index is 12.1. The molecule has 128 valence electrons. The van der Waals surface area contributed by atoms with Crippen LogP contribution < -0.4 is 5.56 Å². The third-order valence-corrected chi connectivity index (χ3v) is 5.40. The third-order valence-electron chi connectivity index (χ3n) is 4.33. The van der Waals surface area contributed by atoms with Crippen molar-refractivity contribution in [1.29, 1.82) is 0 Å². The third kappa shape index (κ3) is 3.02. The normalized spacial score (nSPS) is 16.4. The fraction of sp³-hybridized carbons (Fsp3) is 0.316. The van der Waals surface area contributed by atoms with Gasteiger partial charge in [-0.25, -0.2) is 9.20 Å². The Balaban J connectivity index is 1.95. The van der Waals surface area contributed by atoms with Crippen LogP contribution in [0.1, 0.15) is 32.0 Å². The van der Waals surface area contributed by atoms with Gasteiger partial charge in [0.15, 0.2) is 0 Å². The molecular weight excluding hydrogens is 332 g/mol. The topological polar surface area (TPSA) is 52.2 Å². The molecule has 0 amide bonds. The van der Waals surface area contributed by atoms with Gasteiger partial charge in [-0.1, -0.05) is 11.6 Å². The summed E-state index contributed by atoms with van der Waals surface area (Å²) in [6.45, 7) is 3.93. The van der Waals surface area contributed by atoms with Crippen LogP contribution in [-0.4, -0.2) is 30.9 Å². The number of pyridine rings is 1. The molecule has 3 aromatic rings. The Hall–Kier alpha value is -2.34. The first-order valence-electron chi connectivity index (χ1n) is 8.48. The SMILES string of the molecule is CC(C)n1nc(-c2c(C=C3CCSC3)nn3ccccc23)ccc1=O. The molecule has 0 unspecified atom stereocenters. The van der Waals surface area contributed by atoms with Crippen LogP contribution in [0.25, 0.3) is 22.9 Å². The van der Waals surface area contributed by atoms with Gasteiger partial charge in [-0.05, 0) is 50.3 Å². The van der Waals surface area contributed by atoms with Gasteiger partial charge in [0.2, 0.25) is 0 Å². The Labute approximate surface area is 150 Å². The van der Waals surface area contributed by atoms with Crippen molar-refractivity contribution in [1.82, 2.24) is 19.4 Å². The lowest BCUT2D eigenvalue weighted by molar-refractivity contribution is 0.505. The van der Waals surface area contributed by atoms with E-state index in [0.29, 0.717) is 0 Å². The summed E-state index contributed by atoms with van der Waals surface area (Å²) in [7, 11) is 0. The highest BCUT2D eigenvalue weighted by molar-refractivity contribution is 7.99. The molecular formula is C19H20N4OS. The maximum Gasteiger partial charge on any atom is 0.267 e. The maximum absolute atomic E-state index is 12.1. The van der Waals surface area contributed by atoms with E-state index in [2.05, 4.69) is 11.2 Å². The van der Waals surface area contributed by atoms with E-state index < -0.39 is 0 Å². The Morgan fingerprint density at radius 2 is 2.08 bits per heavy atom. The van der Waals surface area contributed by atoms with Crippen molar-refractivity contribution in [3.63, 3.8) is 0 Å². The lowest BCUT2D eigenvalue weighted by Gasteiger charge is -2.10. The second kappa shape index (κ2) is 6.52. The van der Waals surface area contributed by atoms with Gasteiger partial charge in [0.25, 0.3) is 5.56 Å². The van der Waals surface area contributed by atoms with Crippen LogP contribution in [0.3, 0.4) is 0 Å². The number of rotatable bonds is 3. The van der Waals surface area contributed by atoms with Gasteiger partial charge < -0.3 is 0 Å². The van der Waals surface area contributed by atoms with E-state index in [1.54, 1.807) is 12.1 Å². The second-order valence-electron chi connectivity index (χ2n) is 6.49. The average molecular weight is 352 g/mol. The zero-order chi connectivity index (χ0) is 17.4. The van der Waals surface area contributed by atoms with Gasteiger partial charge in [0.1, 0.15) is 0 Å². The van der Waals surface area contributed by atoms with Gasteiger partial charge >= 0.3 is 0 Å². The van der Waals surface area contributed by atoms with Crippen LogP contribution in [0.4, 0.5) is 0 Å². The van der Waals surface area contributed by atoms with Crippen molar-refractivity contribution in [3.8, 4) is 11.3 Å². The van der Waals surface area contributed by atoms with Crippen molar-refractivity contribution >= 4 is 23.4 Å². The summed E-state index contributed by atoms with van der Waals surface area (Å²) in [5.41, 5.74) is 5.02. The van der Waals surface area contributed by atoms with E-state index in [9.17, 15) is 4.79 Å². The molecule has 4 rings (SSSR count). The number of nitrogens with zero attached hydrogens (tertiary/aromatic N) is 4. The highest BCUT2D eigenvalue weighted by Crippen LogP contribution is 2.31. The number of fused-ring (bicyclic) bond motifs is 1. The minimum Gasteiger partial charge on any atom is -0.268 e. The second-order valence-corrected chi connectivity index (χ2v) is 7.60. The van der Waals surface area contributed by atoms with Gasteiger partial charge in [0.05, 0.1) is 28.5 Å². The Morgan fingerprint density at radius 3 is 2.84 bits per heavy atom. The molecule has 1 fully saturated rings. The molecule has 25 heavy (non-hydrogen) atoms. The number of hydrogen-bond donors (Lipinski definition) is 0. The van der Waals surface area contributed by atoms with E-state index in [1.165, 1.54) is 16.0 Å². The summed E-state index contributed by atoms with van der Waals surface area (Å²) in [6.07, 6.45) is 5.24. The highest BCUT2D eigenvalue weighted by Gasteiger charge is 2.17. The molecule has 0 saturated carbocycles. The Morgan fingerprint density at radius 1 is 1.20 bits per heavy atom. The molecule has 1 aliphatic rings. The van der Waals surface area contributed by atoms with Crippen LogP contribution in [0.5, 0.6) is 0 Å². The highest BCUT2D eigenvalue weighted by atomic mass is 32.2. The minimum absolute atomic E-state index is 0.0160. The molecule has 6 heteroatoms. The van der Waals surface area contributed by atoms with E-state index in [1.807, 2.05) is 54.5 Å². The molecule has 0 aliphatic carbocycles. The number of thioether (sulfide) groups is 1. The monoisotopic (exact) mass is 352 g/mol. The number of hydrogen-bond acceptors (Lipinski definition) is 4. The lowest BCUT2D eigenvalue weighted by atomic mass is 10.1. The van der Waals surface area contributed by atoms with Crippen molar-refractivity contribution in [2.45, 2.75) is 26.3 Å².